The number of hydrogen-bond acceptors (Lipinski definition) is 22. The van der Waals surface area contributed by atoms with Crippen molar-refractivity contribution in [3.8, 4) is 22.8 Å². The minimum Gasteiger partial charge on any atom is -0.478 e. The van der Waals surface area contributed by atoms with Crippen LogP contribution in [0.3, 0.4) is 0 Å². The van der Waals surface area contributed by atoms with Gasteiger partial charge in [0.05, 0.1) is 155 Å². The number of morpholine rings is 2. The second-order valence-corrected chi connectivity index (χ2v) is 38.0. The van der Waals surface area contributed by atoms with Crippen LogP contribution in [-0.4, -0.2) is 186 Å². The number of hydrogen-bond donors (Lipinski definition) is 9. The molecule has 5 aromatic heterocycles. The number of ether oxygens (including phenoxy) is 3. The maximum atomic E-state index is 13.7. The number of fused-ring (bicyclic) bond motifs is 12. The number of carboxylic acid groups (broad SMARTS) is 1. The highest BCUT2D eigenvalue weighted by Gasteiger charge is 2.38. The average Bonchev–Trinajstić information content (AvgIpc) is 1.21. The lowest BCUT2D eigenvalue weighted by Crippen LogP contribution is -2.53. The lowest BCUT2D eigenvalue weighted by atomic mass is 9.83. The highest BCUT2D eigenvalue weighted by Crippen LogP contribution is 2.42. The monoisotopic (exact) mass is 1890 g/mol. The van der Waals surface area contributed by atoms with Crippen molar-refractivity contribution >= 4 is 214 Å². The molecule has 7 aromatic carbocycles. The predicted octanol–water partition coefficient (Wildman–Crippen LogP) is 19.3. The summed E-state index contributed by atoms with van der Waals surface area (Å²) in [4.78, 5) is 129. The number of rotatable bonds is 10. The summed E-state index contributed by atoms with van der Waals surface area (Å²) in [5, 5.41) is 24.1. The van der Waals surface area contributed by atoms with Gasteiger partial charge in [-0.1, -0.05) is 171 Å². The number of aliphatic imine (C=N–C) groups is 1. The maximum Gasteiger partial charge on any atom is 0.419 e. The Balaban J connectivity index is 0.000000164. The third kappa shape index (κ3) is 23.1. The van der Waals surface area contributed by atoms with Gasteiger partial charge in [-0.3, -0.25) is 14.6 Å². The van der Waals surface area contributed by atoms with Crippen molar-refractivity contribution in [3.05, 3.63) is 223 Å². The molecule has 4 bridgehead atoms. The van der Waals surface area contributed by atoms with E-state index in [1.165, 1.54) is 62.1 Å². The van der Waals surface area contributed by atoms with E-state index in [1.807, 2.05) is 86.4 Å². The predicted molar refractivity (Wildman–Crippen MR) is 497 cm³/mol. The zero-order valence-corrected chi connectivity index (χ0v) is 72.5. The number of halogens is 9. The third-order valence-corrected chi connectivity index (χ3v) is 24.6. The number of aromatic amines is 5. The zero-order valence-electron chi connectivity index (χ0n) is 64.7. The summed E-state index contributed by atoms with van der Waals surface area (Å²) in [6.45, 7) is 19.3. The number of carbonyl (C=O) groups excluding carboxylic acids is 3. The molecule has 30 nitrogen and oxygen atoms in total. The number of benzene rings is 7. The van der Waals surface area contributed by atoms with E-state index in [9.17, 15) is 38.4 Å². The van der Waals surface area contributed by atoms with Crippen LogP contribution in [0, 0.1) is 11.8 Å². The van der Waals surface area contributed by atoms with Crippen molar-refractivity contribution in [1.29, 1.82) is 0 Å². The van der Waals surface area contributed by atoms with Crippen LogP contribution in [0.25, 0.3) is 88.0 Å². The van der Waals surface area contributed by atoms with Crippen molar-refractivity contribution in [2.75, 3.05) is 107 Å². The van der Waals surface area contributed by atoms with Crippen LogP contribution in [0.4, 0.5) is 22.7 Å². The van der Waals surface area contributed by atoms with E-state index in [0.717, 1.165) is 140 Å². The fourth-order valence-corrected chi connectivity index (χ4v) is 16.7. The quantitative estimate of drug-likeness (QED) is 0.00897. The first-order chi connectivity index (χ1) is 58.0. The lowest BCUT2D eigenvalue weighted by Gasteiger charge is -2.45. The molecule has 40 heteroatoms. The fraction of sp³-hybridized carbons (Fsp3) is 0.333. The number of cyclic esters (lactones) is 2. The van der Waals surface area contributed by atoms with Crippen LogP contribution in [0.2, 0.25) is 64.8 Å². The summed E-state index contributed by atoms with van der Waals surface area (Å²) in [6, 6.07) is 31.4. The number of carboxylic acids is 1. The van der Waals surface area contributed by atoms with Gasteiger partial charge < -0.3 is 74.3 Å². The number of imidazole rings is 2. The van der Waals surface area contributed by atoms with Crippen LogP contribution in [0.5, 0.6) is 0 Å². The van der Waals surface area contributed by atoms with Gasteiger partial charge in [-0.2, -0.15) is 4.99 Å². The number of carbonyl (C=O) groups is 3. The van der Waals surface area contributed by atoms with E-state index in [0.29, 0.717) is 73.9 Å². The molecule has 21 rings (SSSR count). The van der Waals surface area contributed by atoms with Crippen molar-refractivity contribution in [1.82, 2.24) is 50.0 Å². The molecule has 8 saturated heterocycles. The molecule has 9 N–H and O–H groups in total. The average molecular weight is 1890 g/mol. The van der Waals surface area contributed by atoms with Crippen molar-refractivity contribution in [2.45, 2.75) is 79.7 Å². The molecule has 0 spiro atoms. The molecule has 2 atom stereocenters. The minimum absolute atomic E-state index is 0. The summed E-state index contributed by atoms with van der Waals surface area (Å²) in [5.41, 5.74) is 15.6. The lowest BCUT2D eigenvalue weighted by molar-refractivity contribution is 0.0442. The molecule has 9 aliphatic rings. The van der Waals surface area contributed by atoms with Gasteiger partial charge in [0, 0.05) is 62.1 Å². The van der Waals surface area contributed by atoms with Gasteiger partial charge >= 0.3 is 29.3 Å². The molecule has 2 unspecified atom stereocenters. The molecule has 124 heavy (non-hydrogen) atoms. The summed E-state index contributed by atoms with van der Waals surface area (Å²) in [7, 11) is -1.45. The second kappa shape index (κ2) is 42.9. The molecular weight excluding hydrogens is 1800 g/mol. The highest BCUT2D eigenvalue weighted by atomic mass is 35.5. The first-order valence-electron chi connectivity index (χ1n) is 38.1. The Hall–Kier alpha value is -9.83. The second-order valence-electron chi connectivity index (χ2n) is 29.8. The smallest absolute Gasteiger partial charge is 0.419 e. The molecule has 12 aromatic rings. The molecule has 654 valence electrons. The first kappa shape index (κ1) is 96.4. The zero-order chi connectivity index (χ0) is 86.1. The number of isocyanates is 1. The summed E-state index contributed by atoms with van der Waals surface area (Å²) < 4.78 is 22.8. The van der Waals surface area contributed by atoms with E-state index in [4.69, 9.17) is 134 Å². The van der Waals surface area contributed by atoms with Gasteiger partial charge in [0.2, 0.25) is 6.08 Å². The fourth-order valence-electron chi connectivity index (χ4n) is 14.8. The Labute approximate surface area is 756 Å². The van der Waals surface area contributed by atoms with Gasteiger partial charge in [-0.25, -0.2) is 38.7 Å². The summed E-state index contributed by atoms with van der Waals surface area (Å²) >= 11 is 53.4. The minimum atomic E-state index is -1.45. The Morgan fingerprint density at radius 2 is 0.968 bits per heavy atom. The molecule has 0 amide bonds. The largest absolute Gasteiger partial charge is 0.478 e. The Morgan fingerprint density at radius 3 is 1.39 bits per heavy atom. The standard InChI is InChI=1S/C27H29ClN6O2.C23H21Cl2N5O.2C8H3Cl2NO3.C8H2Cl2O3.C4H9NO.C3H9N3Si.3CH4/c28-18-13-17-21(14-23(18)34-9-11-36-12-10-34)32-27(35)24(26-30-19-3-1-2-4-20(19)31-26)25(17)29-22-15-33-7-5-16(22)6-8-33;24-14-9-13-18(10-15(14)25)29-23(31)20(22-27-16-3-1-2-4-17(16)28-22)21(13)26-19-11-30-7-5-12(19)6-8-30;9-4-1-3-6(2-5(4)10)11-8(13)14-7(3)12;9-5-1-4(8(13)14)7(11-3-12)2-6(5)10;9-5-1-3-4(2-6(5)10)8(12)13-7(3)11;1-3-6-4-2-5-1;1-7(2,3)6-5-4;;;/h1-4,13-14,16,22H,5-12,15H2,(H,30,31)(H2,29,32,35);1-4,9-10,12,19H,5-8,11H2,(H,27,28)(H2,26,29,31);1-2H,(H,11,13);1-2H,(H,13,14);1-2H;5H,1-4H2;1-3H3;3*1H4. The number of piperidine rings is 6. The molecular formula is C84H88Cl9N17O13Si. The van der Waals surface area contributed by atoms with Crippen LogP contribution in [0.15, 0.2) is 143 Å². The van der Waals surface area contributed by atoms with Gasteiger partial charge in [0.1, 0.15) is 31.0 Å². The first-order valence-corrected chi connectivity index (χ1v) is 44.9. The SMILES string of the molecule is C.C.C.C1COCCN1.C[Si](C)(C)N=[N+]=[N-].O=C1OC(=O)c2cc(Cl)c(Cl)cc21.O=C=Nc1cc(Cl)c(Cl)cc1C(=O)O.O=c1[nH]c2cc(Cl)c(Cl)cc2c(=O)o1.O=c1[nH]c2cc(Cl)c(Cl)cc2c(NC2CN3CCC2CC3)c1-c1nc2ccccc2[nH]1.O=c1[nH]c2cc(N3CCOCC3)c(Cl)cc2c(NC2CN3CCC2CC3)c1-c1nc2ccccc2[nH]1. The Bertz CT molecular complexity index is 6180. The van der Waals surface area contributed by atoms with Gasteiger partial charge in [-0.15, -0.1) is 4.78 Å². The number of nitrogens with one attached hydrogen (secondary N) is 8. The van der Waals surface area contributed by atoms with Crippen LogP contribution >= 0.6 is 104 Å². The number of pyridine rings is 2. The number of aromatic carboxylic acids is 1. The summed E-state index contributed by atoms with van der Waals surface area (Å²) in [5.74, 6) is -1.13. The van der Waals surface area contributed by atoms with E-state index >= 15 is 0 Å². The molecule has 0 saturated carbocycles. The molecule has 0 radical (unpaired) electrons. The molecule has 8 fully saturated rings. The van der Waals surface area contributed by atoms with Crippen LogP contribution in [0.1, 0.15) is 79.0 Å². The van der Waals surface area contributed by atoms with E-state index in [1.54, 1.807) is 6.07 Å². The van der Waals surface area contributed by atoms with E-state index in [2.05, 4.69) is 79.4 Å². The van der Waals surface area contributed by atoms with Crippen molar-refractivity contribution in [2.24, 2.45) is 21.6 Å². The number of anilines is 3. The van der Waals surface area contributed by atoms with Crippen LogP contribution < -0.4 is 43.4 Å². The number of para-hydroxylation sites is 4. The number of esters is 2. The third-order valence-electron chi connectivity index (χ3n) is 20.7. The Kier molecular flexibility index (Phi) is 33.3. The van der Waals surface area contributed by atoms with Crippen molar-refractivity contribution < 1.29 is 42.9 Å². The van der Waals surface area contributed by atoms with Gasteiger partial charge in [-0.05, 0) is 159 Å². The number of azide groups is 1. The highest BCUT2D eigenvalue weighted by molar-refractivity contribution is 6.74. The van der Waals surface area contributed by atoms with E-state index in [-0.39, 0.29) is 103 Å². The Morgan fingerprint density at radius 1 is 0.540 bits per heavy atom. The van der Waals surface area contributed by atoms with Gasteiger partial charge in [0.25, 0.3) is 11.1 Å². The maximum absolute atomic E-state index is 13.7. The van der Waals surface area contributed by atoms with Crippen LogP contribution in [-0.2, 0) is 19.0 Å². The normalized spacial score (nSPS) is 18.2. The number of H-pyrrole nitrogens is 5. The molecule has 9 aliphatic heterocycles. The summed E-state index contributed by atoms with van der Waals surface area (Å²) in [6.07, 6.45) is 5.94. The topological polar surface area (TPSA) is 409 Å². The molecule has 0 aliphatic carbocycles. The molecule has 14 heterocycles. The number of aromatic nitrogens is 7. The van der Waals surface area contributed by atoms with E-state index < -0.39 is 37.5 Å². The van der Waals surface area contributed by atoms with Gasteiger partial charge in [0.15, 0.2) is 0 Å². The van der Waals surface area contributed by atoms with Crippen molar-refractivity contribution in [3.63, 3.8) is 0 Å². The number of nitrogens with zero attached hydrogens (tertiary/aromatic N) is 9.